The number of benzene rings is 1. The topological polar surface area (TPSA) is 122 Å². The molecule has 3 heterocycles. The molecule has 3 aromatic rings. The average molecular weight is 410 g/mol. The van der Waals surface area contributed by atoms with Crippen molar-refractivity contribution in [2.45, 2.75) is 19.9 Å². The van der Waals surface area contributed by atoms with Crippen LogP contribution < -0.4 is 15.1 Å². The molecule has 11 nitrogen and oxygen atoms in total. The van der Waals surface area contributed by atoms with Crippen molar-refractivity contribution in [3.05, 3.63) is 52.3 Å². The van der Waals surface area contributed by atoms with E-state index in [1.54, 1.807) is 23.0 Å². The van der Waals surface area contributed by atoms with E-state index in [-0.39, 0.29) is 23.2 Å². The maximum atomic E-state index is 12.2. The maximum Gasteiger partial charge on any atom is 0.293 e. The predicted molar refractivity (Wildman–Crippen MR) is 111 cm³/mol. The van der Waals surface area contributed by atoms with Crippen LogP contribution in [0.4, 0.5) is 17.2 Å². The van der Waals surface area contributed by atoms with E-state index in [0.717, 1.165) is 5.82 Å². The van der Waals surface area contributed by atoms with Gasteiger partial charge in [0, 0.05) is 43.9 Å². The van der Waals surface area contributed by atoms with Gasteiger partial charge in [-0.3, -0.25) is 14.9 Å². The van der Waals surface area contributed by atoms with Crippen LogP contribution in [0.5, 0.6) is 0 Å². The second kappa shape index (κ2) is 7.93. The molecule has 1 aliphatic heterocycles. The van der Waals surface area contributed by atoms with E-state index in [1.807, 2.05) is 30.9 Å². The fourth-order valence-corrected chi connectivity index (χ4v) is 3.49. The van der Waals surface area contributed by atoms with Gasteiger partial charge in [0.1, 0.15) is 17.8 Å². The minimum absolute atomic E-state index is 0.0461. The lowest BCUT2D eigenvalue weighted by Gasteiger charge is -2.36. The third kappa shape index (κ3) is 3.86. The summed E-state index contributed by atoms with van der Waals surface area (Å²) in [6, 6.07) is 8.34. The highest BCUT2D eigenvalue weighted by Gasteiger charge is 2.26. The Kier molecular flexibility index (Phi) is 5.17. The molecule has 1 amide bonds. The Morgan fingerprint density at radius 3 is 2.57 bits per heavy atom. The lowest BCUT2D eigenvalue weighted by molar-refractivity contribution is -0.384. The zero-order valence-electron chi connectivity index (χ0n) is 16.7. The summed E-state index contributed by atoms with van der Waals surface area (Å²) < 4.78 is 1.62. The first-order valence-electron chi connectivity index (χ1n) is 9.68. The van der Waals surface area contributed by atoms with Crippen LogP contribution in [0, 0.1) is 10.1 Å². The Hall–Kier alpha value is -3.76. The third-order valence-corrected chi connectivity index (χ3v) is 4.95. The quantitative estimate of drug-likeness (QED) is 0.496. The molecule has 0 atom stereocenters. The Bertz CT molecular complexity index is 1090. The van der Waals surface area contributed by atoms with Gasteiger partial charge >= 0.3 is 0 Å². The number of hydrogen-bond donors (Lipinski definition) is 1. The molecule has 30 heavy (non-hydrogen) atoms. The number of carbonyl (C=O) groups is 1. The summed E-state index contributed by atoms with van der Waals surface area (Å²) in [7, 11) is 0. The fraction of sp³-hybridized carbons (Fsp3) is 0.368. The minimum atomic E-state index is -0.435. The number of rotatable bonds is 5. The Labute approximate surface area is 172 Å². The van der Waals surface area contributed by atoms with E-state index in [4.69, 9.17) is 0 Å². The monoisotopic (exact) mass is 410 g/mol. The number of amides is 1. The van der Waals surface area contributed by atoms with E-state index >= 15 is 0 Å². The first-order chi connectivity index (χ1) is 14.4. The third-order valence-electron chi connectivity index (χ3n) is 4.95. The van der Waals surface area contributed by atoms with Crippen molar-refractivity contribution in [3.8, 4) is 0 Å². The van der Waals surface area contributed by atoms with E-state index in [2.05, 4.69) is 25.5 Å². The SMILES string of the molecule is CC(C)NC(=O)c1ccc(N2CCN(c3ccc4nncn4n3)CC2)c([N+](=O)[O-])c1. The van der Waals surface area contributed by atoms with Crippen molar-refractivity contribution in [3.63, 3.8) is 0 Å². The van der Waals surface area contributed by atoms with Crippen LogP contribution in [0.3, 0.4) is 0 Å². The molecule has 0 aliphatic carbocycles. The van der Waals surface area contributed by atoms with Crippen molar-refractivity contribution in [1.29, 1.82) is 0 Å². The number of nitro groups is 1. The number of carbonyl (C=O) groups excluding carboxylic acids is 1. The Balaban J connectivity index is 1.50. The highest BCUT2D eigenvalue weighted by Crippen LogP contribution is 2.30. The van der Waals surface area contributed by atoms with Gasteiger partial charge < -0.3 is 15.1 Å². The molecular weight excluding hydrogens is 388 g/mol. The maximum absolute atomic E-state index is 12.2. The molecule has 2 aromatic heterocycles. The Morgan fingerprint density at radius 2 is 1.87 bits per heavy atom. The summed E-state index contributed by atoms with van der Waals surface area (Å²) in [5.41, 5.74) is 1.41. The van der Waals surface area contributed by atoms with Crippen LogP contribution in [-0.4, -0.2) is 62.9 Å². The van der Waals surface area contributed by atoms with Crippen molar-refractivity contribution in [2.75, 3.05) is 36.0 Å². The van der Waals surface area contributed by atoms with E-state index in [1.165, 1.54) is 6.07 Å². The average Bonchev–Trinajstić information content (AvgIpc) is 3.21. The number of nitrogens with one attached hydrogen (secondary N) is 1. The van der Waals surface area contributed by atoms with Gasteiger partial charge in [-0.15, -0.1) is 15.3 Å². The standard InChI is InChI=1S/C19H22N8O3/c1-13(2)21-19(28)14-3-4-15(16(11-14)27(29)30)24-7-9-25(10-8-24)18-6-5-17-22-20-12-26(17)23-18/h3-6,11-13H,7-10H2,1-2H3,(H,21,28). The van der Waals surface area contributed by atoms with E-state index in [0.29, 0.717) is 37.5 Å². The van der Waals surface area contributed by atoms with Crippen molar-refractivity contribution in [2.24, 2.45) is 0 Å². The zero-order valence-corrected chi connectivity index (χ0v) is 16.7. The second-order valence-corrected chi connectivity index (χ2v) is 7.39. The number of piperazine rings is 1. The van der Waals surface area contributed by atoms with Crippen molar-refractivity contribution >= 4 is 28.7 Å². The van der Waals surface area contributed by atoms with Crippen molar-refractivity contribution < 1.29 is 9.72 Å². The molecular formula is C19H22N8O3. The molecule has 0 radical (unpaired) electrons. The van der Waals surface area contributed by atoms with Gasteiger partial charge in [-0.2, -0.15) is 4.52 Å². The summed E-state index contributed by atoms with van der Waals surface area (Å²) in [6.45, 7) is 6.20. The van der Waals surface area contributed by atoms with Crippen LogP contribution in [0.2, 0.25) is 0 Å². The predicted octanol–water partition coefficient (Wildman–Crippen LogP) is 1.50. The minimum Gasteiger partial charge on any atom is -0.362 e. The summed E-state index contributed by atoms with van der Waals surface area (Å²) in [5.74, 6) is 0.483. The molecule has 1 aromatic carbocycles. The van der Waals surface area contributed by atoms with Gasteiger partial charge in [-0.05, 0) is 38.1 Å². The molecule has 0 bridgehead atoms. The molecule has 11 heteroatoms. The smallest absolute Gasteiger partial charge is 0.293 e. The van der Waals surface area contributed by atoms with Gasteiger partial charge in [-0.1, -0.05) is 0 Å². The lowest BCUT2D eigenvalue weighted by atomic mass is 10.1. The molecule has 156 valence electrons. The molecule has 0 saturated carbocycles. The highest BCUT2D eigenvalue weighted by molar-refractivity contribution is 5.96. The summed E-state index contributed by atoms with van der Waals surface area (Å²) >= 11 is 0. The van der Waals surface area contributed by atoms with Gasteiger partial charge in [0.2, 0.25) is 0 Å². The molecule has 1 N–H and O–H groups in total. The number of aromatic nitrogens is 4. The van der Waals surface area contributed by atoms with Crippen LogP contribution >= 0.6 is 0 Å². The van der Waals surface area contributed by atoms with Crippen LogP contribution in [0.1, 0.15) is 24.2 Å². The second-order valence-electron chi connectivity index (χ2n) is 7.39. The number of nitrogens with zero attached hydrogens (tertiary/aromatic N) is 7. The normalized spacial score (nSPS) is 14.4. The summed E-state index contributed by atoms with van der Waals surface area (Å²) in [5, 5.41) is 26.7. The molecule has 1 aliphatic rings. The lowest BCUT2D eigenvalue weighted by Crippen LogP contribution is -2.47. The van der Waals surface area contributed by atoms with Crippen LogP contribution in [0.15, 0.2) is 36.7 Å². The molecule has 4 rings (SSSR count). The first kappa shape index (κ1) is 19.6. The van der Waals surface area contributed by atoms with Crippen LogP contribution in [-0.2, 0) is 0 Å². The van der Waals surface area contributed by atoms with E-state index in [9.17, 15) is 14.9 Å². The summed E-state index contributed by atoms with van der Waals surface area (Å²) in [6.07, 6.45) is 1.55. The molecule has 0 unspecified atom stereocenters. The first-order valence-corrected chi connectivity index (χ1v) is 9.68. The molecule has 1 fully saturated rings. The molecule has 1 saturated heterocycles. The van der Waals surface area contributed by atoms with Gasteiger partial charge in [0.15, 0.2) is 5.65 Å². The van der Waals surface area contributed by atoms with Gasteiger partial charge in [-0.25, -0.2) is 0 Å². The fourth-order valence-electron chi connectivity index (χ4n) is 3.49. The zero-order chi connectivity index (χ0) is 21.3. The number of fused-ring (bicyclic) bond motifs is 1. The summed E-state index contributed by atoms with van der Waals surface area (Å²) in [4.78, 5) is 27.5. The van der Waals surface area contributed by atoms with Gasteiger partial charge in [0.05, 0.1) is 4.92 Å². The number of hydrogen-bond acceptors (Lipinski definition) is 8. The van der Waals surface area contributed by atoms with Crippen molar-refractivity contribution in [1.82, 2.24) is 25.1 Å². The largest absolute Gasteiger partial charge is 0.362 e. The number of anilines is 2. The Morgan fingerprint density at radius 1 is 1.13 bits per heavy atom. The van der Waals surface area contributed by atoms with Crippen LogP contribution in [0.25, 0.3) is 5.65 Å². The van der Waals surface area contributed by atoms with E-state index < -0.39 is 4.92 Å². The molecule has 0 spiro atoms. The highest BCUT2D eigenvalue weighted by atomic mass is 16.6. The van der Waals surface area contributed by atoms with Gasteiger partial charge in [0.25, 0.3) is 11.6 Å². The number of nitro benzene ring substituents is 1.